The molecule has 0 spiro atoms. The number of hydrogen-bond donors (Lipinski definition) is 1. The predicted molar refractivity (Wildman–Crippen MR) is 249 cm³/mol. The molecular formula is C53H72O15. The van der Waals surface area contributed by atoms with Crippen molar-refractivity contribution in [2.24, 2.45) is 21.7 Å². The van der Waals surface area contributed by atoms with Gasteiger partial charge in [-0.1, -0.05) is 91.0 Å². The molecule has 2 heterocycles. The standard InChI is InChI=1S/C53H72O15/c1-50(2,3)46(55)62-32-37-39(66-47(56)51(4,5)6)41(67-48(57)52(7,8)9)43(68-49(58)53(10,11)12)45(64-37)65-38-36(31-59-28-33-22-16-13-17-23-33)63-44(54)42(61-30-35-26-20-15-21-27-35)40(38)60-29-34-24-18-14-19-25-34/h13-27,36-45,54H,28-32H2,1-12H3/t36-,37-,38-,39+,40+,41+,42-,43-,44+,45+/m1/s1. The summed E-state index contributed by atoms with van der Waals surface area (Å²) in [6, 6.07) is 28.2. The van der Waals surface area contributed by atoms with E-state index in [4.69, 9.17) is 47.4 Å². The number of rotatable bonds is 17. The van der Waals surface area contributed by atoms with E-state index >= 15 is 0 Å². The van der Waals surface area contributed by atoms with Gasteiger partial charge in [0.2, 0.25) is 0 Å². The average Bonchev–Trinajstić information content (AvgIpc) is 3.26. The van der Waals surface area contributed by atoms with Crippen LogP contribution in [0.5, 0.6) is 0 Å². The lowest BCUT2D eigenvalue weighted by atomic mass is 9.92. The Kier molecular flexibility index (Phi) is 18.5. The van der Waals surface area contributed by atoms with E-state index in [1.54, 1.807) is 83.1 Å². The SMILES string of the molecule is CC(C)(C)C(=O)OC[C@H]1O[C@@H](O[C@H]2[C@H](OCc3ccccc3)[C@@H](OCc3ccccc3)[C@@H](O)O[C@@H]2COCc2ccccc2)[C@H](OC(=O)C(C)(C)C)[C@@H](OC(=O)C(C)(C)C)[C@H]1OC(=O)C(C)(C)C. The molecule has 0 amide bonds. The number of aliphatic hydroxyl groups is 1. The third-order valence-electron chi connectivity index (χ3n) is 11.0. The maximum absolute atomic E-state index is 14.1. The van der Waals surface area contributed by atoms with Crippen molar-refractivity contribution in [1.29, 1.82) is 0 Å². The maximum Gasteiger partial charge on any atom is 0.311 e. The minimum absolute atomic E-state index is 0.0386. The van der Waals surface area contributed by atoms with Crippen LogP contribution in [0.1, 0.15) is 99.8 Å². The molecule has 0 aliphatic carbocycles. The van der Waals surface area contributed by atoms with Crippen molar-refractivity contribution < 1.29 is 71.7 Å². The van der Waals surface area contributed by atoms with E-state index in [0.717, 1.165) is 16.7 Å². The van der Waals surface area contributed by atoms with E-state index in [0.29, 0.717) is 0 Å². The van der Waals surface area contributed by atoms with Gasteiger partial charge in [0.05, 0.1) is 48.1 Å². The van der Waals surface area contributed by atoms with Gasteiger partial charge in [0.1, 0.15) is 37.1 Å². The van der Waals surface area contributed by atoms with E-state index < -0.39 is 114 Å². The topological polar surface area (TPSA) is 181 Å². The van der Waals surface area contributed by atoms with Gasteiger partial charge in [-0.3, -0.25) is 19.2 Å². The molecule has 5 rings (SSSR count). The van der Waals surface area contributed by atoms with Crippen molar-refractivity contribution in [2.45, 2.75) is 164 Å². The molecule has 374 valence electrons. The second-order valence-electron chi connectivity index (χ2n) is 21.4. The minimum Gasteiger partial charge on any atom is -0.462 e. The Morgan fingerprint density at radius 1 is 0.456 bits per heavy atom. The van der Waals surface area contributed by atoms with Crippen LogP contribution in [0.4, 0.5) is 0 Å². The molecule has 0 saturated carbocycles. The molecule has 0 aromatic heterocycles. The highest BCUT2D eigenvalue weighted by Crippen LogP contribution is 2.38. The second-order valence-corrected chi connectivity index (χ2v) is 21.4. The maximum atomic E-state index is 14.1. The largest absolute Gasteiger partial charge is 0.462 e. The van der Waals surface area contributed by atoms with E-state index in [2.05, 4.69) is 0 Å². The van der Waals surface area contributed by atoms with Gasteiger partial charge in [0, 0.05) is 0 Å². The normalized spacial score (nSPS) is 25.8. The van der Waals surface area contributed by atoms with Gasteiger partial charge in [0.15, 0.2) is 30.9 Å². The van der Waals surface area contributed by atoms with Crippen molar-refractivity contribution in [3.63, 3.8) is 0 Å². The fraction of sp³-hybridized carbons (Fsp3) is 0.585. The molecule has 15 nitrogen and oxygen atoms in total. The second kappa shape index (κ2) is 23.2. The first-order chi connectivity index (χ1) is 31.8. The number of aliphatic hydroxyl groups excluding tert-OH is 1. The lowest BCUT2D eigenvalue weighted by Crippen LogP contribution is -2.67. The zero-order valence-electron chi connectivity index (χ0n) is 41.6. The van der Waals surface area contributed by atoms with E-state index in [9.17, 15) is 24.3 Å². The smallest absolute Gasteiger partial charge is 0.311 e. The van der Waals surface area contributed by atoms with Crippen LogP contribution in [-0.2, 0) is 86.4 Å². The first-order valence-corrected chi connectivity index (χ1v) is 23.2. The molecule has 2 aliphatic rings. The number of carbonyl (C=O) groups excluding carboxylic acids is 4. The van der Waals surface area contributed by atoms with Crippen LogP contribution >= 0.6 is 0 Å². The summed E-state index contributed by atoms with van der Waals surface area (Å²) in [7, 11) is 0. The highest BCUT2D eigenvalue weighted by molar-refractivity contribution is 5.78. The van der Waals surface area contributed by atoms with E-state index in [1.165, 1.54) is 0 Å². The summed E-state index contributed by atoms with van der Waals surface area (Å²) in [6.07, 6.45) is -14.0. The quantitative estimate of drug-likeness (QED) is 0.103. The number of ether oxygens (including phenoxy) is 10. The average molecular weight is 949 g/mol. The van der Waals surface area contributed by atoms with Crippen molar-refractivity contribution in [1.82, 2.24) is 0 Å². The number of carbonyl (C=O) groups is 4. The zero-order valence-corrected chi connectivity index (χ0v) is 41.6. The molecule has 68 heavy (non-hydrogen) atoms. The molecule has 2 aliphatic heterocycles. The monoisotopic (exact) mass is 948 g/mol. The number of hydrogen-bond acceptors (Lipinski definition) is 15. The van der Waals surface area contributed by atoms with Gasteiger partial charge < -0.3 is 52.5 Å². The Morgan fingerprint density at radius 3 is 1.31 bits per heavy atom. The van der Waals surface area contributed by atoms with Crippen molar-refractivity contribution >= 4 is 23.9 Å². The van der Waals surface area contributed by atoms with Crippen molar-refractivity contribution in [2.75, 3.05) is 13.2 Å². The molecular weight excluding hydrogens is 877 g/mol. The van der Waals surface area contributed by atoms with Crippen LogP contribution in [0.3, 0.4) is 0 Å². The third-order valence-corrected chi connectivity index (χ3v) is 11.0. The minimum atomic E-state index is -1.67. The molecule has 0 radical (unpaired) electrons. The number of esters is 4. The van der Waals surface area contributed by atoms with Gasteiger partial charge in [0.25, 0.3) is 0 Å². The molecule has 2 saturated heterocycles. The highest BCUT2D eigenvalue weighted by atomic mass is 16.8. The van der Waals surface area contributed by atoms with Gasteiger partial charge in [-0.25, -0.2) is 0 Å². The lowest BCUT2D eigenvalue weighted by molar-refractivity contribution is -0.366. The lowest BCUT2D eigenvalue weighted by Gasteiger charge is -2.49. The molecule has 3 aromatic rings. The van der Waals surface area contributed by atoms with Crippen LogP contribution in [0.25, 0.3) is 0 Å². The Hall–Kier alpha value is -4.74. The fourth-order valence-electron chi connectivity index (χ4n) is 6.92. The van der Waals surface area contributed by atoms with Gasteiger partial charge in [-0.2, -0.15) is 0 Å². The fourth-order valence-corrected chi connectivity index (χ4v) is 6.92. The summed E-state index contributed by atoms with van der Waals surface area (Å²) in [6.45, 7) is 19.5. The Bertz CT molecular complexity index is 2070. The molecule has 15 heteroatoms. The van der Waals surface area contributed by atoms with Gasteiger partial charge in [-0.05, 0) is 99.8 Å². The summed E-state index contributed by atoms with van der Waals surface area (Å²) in [5, 5.41) is 11.8. The molecule has 1 N–H and O–H groups in total. The molecule has 2 fully saturated rings. The zero-order chi connectivity index (χ0) is 50.0. The van der Waals surface area contributed by atoms with Crippen LogP contribution in [0.15, 0.2) is 91.0 Å². The molecule has 10 atom stereocenters. The summed E-state index contributed by atoms with van der Waals surface area (Å²) >= 11 is 0. The van der Waals surface area contributed by atoms with Crippen LogP contribution in [0.2, 0.25) is 0 Å². The Balaban J connectivity index is 1.67. The molecule has 0 bridgehead atoms. The highest BCUT2D eigenvalue weighted by Gasteiger charge is 2.58. The van der Waals surface area contributed by atoms with Crippen LogP contribution in [0, 0.1) is 21.7 Å². The van der Waals surface area contributed by atoms with Crippen LogP contribution < -0.4 is 0 Å². The first-order valence-electron chi connectivity index (χ1n) is 23.2. The van der Waals surface area contributed by atoms with Gasteiger partial charge in [-0.15, -0.1) is 0 Å². The van der Waals surface area contributed by atoms with Crippen molar-refractivity contribution in [3.05, 3.63) is 108 Å². The summed E-state index contributed by atoms with van der Waals surface area (Å²) < 4.78 is 64.1. The van der Waals surface area contributed by atoms with Crippen LogP contribution in [-0.4, -0.2) is 104 Å². The summed E-state index contributed by atoms with van der Waals surface area (Å²) in [4.78, 5) is 55.4. The molecule has 0 unspecified atom stereocenters. The number of benzene rings is 3. The first kappa shape index (κ1) is 54.2. The summed E-state index contributed by atoms with van der Waals surface area (Å²) in [5.74, 6) is -2.75. The Morgan fingerprint density at radius 2 is 0.853 bits per heavy atom. The molecule has 3 aromatic carbocycles. The van der Waals surface area contributed by atoms with Gasteiger partial charge >= 0.3 is 23.9 Å². The third kappa shape index (κ3) is 15.4. The predicted octanol–water partition coefficient (Wildman–Crippen LogP) is 7.66. The van der Waals surface area contributed by atoms with E-state index in [-0.39, 0.29) is 26.4 Å². The van der Waals surface area contributed by atoms with E-state index in [1.807, 2.05) is 91.0 Å². The summed E-state index contributed by atoms with van der Waals surface area (Å²) in [5.41, 5.74) is -1.74. The van der Waals surface area contributed by atoms with Crippen molar-refractivity contribution in [3.8, 4) is 0 Å². The Labute approximate surface area is 401 Å².